The van der Waals surface area contributed by atoms with Crippen LogP contribution in [0.2, 0.25) is 5.02 Å². The van der Waals surface area contributed by atoms with E-state index in [1.807, 2.05) is 47.2 Å². The summed E-state index contributed by atoms with van der Waals surface area (Å²) in [6.45, 7) is 4.50. The van der Waals surface area contributed by atoms with Crippen molar-refractivity contribution < 1.29 is 14.2 Å². The number of amidine groups is 1. The van der Waals surface area contributed by atoms with E-state index in [0.29, 0.717) is 23.4 Å². The lowest BCUT2D eigenvalue weighted by Gasteiger charge is -2.30. The summed E-state index contributed by atoms with van der Waals surface area (Å²) in [6, 6.07) is 6.68. The van der Waals surface area contributed by atoms with Crippen molar-refractivity contribution in [2.24, 2.45) is 4.99 Å². The van der Waals surface area contributed by atoms with Crippen LogP contribution in [-0.2, 0) is 11.3 Å². The van der Waals surface area contributed by atoms with Crippen molar-refractivity contribution in [3.63, 3.8) is 0 Å². The van der Waals surface area contributed by atoms with Crippen LogP contribution in [-0.4, -0.2) is 46.2 Å². The first-order valence-electron chi connectivity index (χ1n) is 8.31. The van der Waals surface area contributed by atoms with Crippen molar-refractivity contribution >= 4 is 35.3 Å². The highest BCUT2D eigenvalue weighted by Crippen LogP contribution is 2.35. The highest BCUT2D eigenvalue weighted by Gasteiger charge is 2.53. The van der Waals surface area contributed by atoms with Gasteiger partial charge >= 0.3 is 12.0 Å². The number of aliphatic imine (C=N–C) groups is 1. The molecule has 1 aromatic heterocycles. The van der Waals surface area contributed by atoms with E-state index in [-0.39, 0.29) is 11.9 Å². The van der Waals surface area contributed by atoms with Crippen molar-refractivity contribution in [1.29, 1.82) is 0 Å². The fourth-order valence-electron chi connectivity index (χ4n) is 3.57. The molecule has 2 aliphatic rings. The molecular weight excluding hydrogens is 354 g/mol. The number of rotatable bonds is 2. The molecule has 0 bridgehead atoms. The molecule has 0 spiro atoms. The number of carbonyl (C=O) groups excluding carboxylic acids is 2. The average Bonchev–Trinajstić information content (AvgIpc) is 3.12. The van der Waals surface area contributed by atoms with Gasteiger partial charge in [0.05, 0.1) is 6.54 Å². The highest BCUT2D eigenvalue weighted by molar-refractivity contribution is 6.31. The van der Waals surface area contributed by atoms with Crippen LogP contribution >= 0.6 is 11.6 Å². The van der Waals surface area contributed by atoms with Gasteiger partial charge in [-0.1, -0.05) is 34.8 Å². The topological polar surface area (TPSA) is 61.8 Å². The van der Waals surface area contributed by atoms with E-state index < -0.39 is 6.04 Å². The van der Waals surface area contributed by atoms with Crippen LogP contribution in [0.1, 0.15) is 23.0 Å². The molecule has 7 nitrogen and oxygen atoms in total. The van der Waals surface area contributed by atoms with Gasteiger partial charge in [-0.3, -0.25) is 14.6 Å². The molecule has 1 fully saturated rings. The molecule has 0 saturated carbocycles. The van der Waals surface area contributed by atoms with Crippen molar-refractivity contribution in [1.82, 2.24) is 14.4 Å². The van der Waals surface area contributed by atoms with Crippen molar-refractivity contribution in [2.45, 2.75) is 26.4 Å². The van der Waals surface area contributed by atoms with Gasteiger partial charge in [0.2, 0.25) is 11.9 Å². The van der Waals surface area contributed by atoms with Crippen LogP contribution in [0.25, 0.3) is 0 Å². The van der Waals surface area contributed by atoms with Gasteiger partial charge in [0.1, 0.15) is 11.4 Å². The summed E-state index contributed by atoms with van der Waals surface area (Å²) in [6.07, 6.45) is 0. The molecule has 4 rings (SSSR count). The minimum atomic E-state index is -0.608. The van der Waals surface area contributed by atoms with Crippen LogP contribution in [0, 0.1) is 13.8 Å². The molecule has 1 saturated heterocycles. The van der Waals surface area contributed by atoms with Crippen LogP contribution in [0.15, 0.2) is 29.3 Å². The lowest BCUT2D eigenvalue weighted by molar-refractivity contribution is -0.680. The minimum absolute atomic E-state index is 0.270. The van der Waals surface area contributed by atoms with Gasteiger partial charge in [-0.2, -0.15) is 0 Å². The van der Waals surface area contributed by atoms with Crippen LogP contribution in [0.5, 0.6) is 0 Å². The molecule has 2 aromatic rings. The second kappa shape index (κ2) is 5.67. The Bertz CT molecular complexity index is 994. The average molecular weight is 373 g/mol. The number of fused-ring (bicyclic) bond motifs is 3. The Labute approximate surface area is 156 Å². The maximum absolute atomic E-state index is 12.8. The van der Waals surface area contributed by atoms with Crippen LogP contribution < -0.4 is 4.57 Å². The van der Waals surface area contributed by atoms with Gasteiger partial charge in [0.15, 0.2) is 0 Å². The maximum atomic E-state index is 12.8. The molecule has 0 aliphatic carbocycles. The van der Waals surface area contributed by atoms with Gasteiger partial charge in [-0.05, 0) is 19.9 Å². The van der Waals surface area contributed by atoms with Crippen molar-refractivity contribution in [2.75, 3.05) is 14.1 Å². The predicted molar refractivity (Wildman–Crippen MR) is 96.7 cm³/mol. The molecule has 1 aromatic carbocycles. The Balaban J connectivity index is 1.87. The summed E-state index contributed by atoms with van der Waals surface area (Å²) in [5.74, 6) is 0.848. The summed E-state index contributed by atoms with van der Waals surface area (Å²) >= 11 is 6.32. The molecule has 1 atom stereocenters. The van der Waals surface area contributed by atoms with Crippen LogP contribution in [0.4, 0.5) is 10.7 Å². The number of nitrogens with zero attached hydrogens (tertiary/aromatic N) is 5. The number of amides is 3. The molecule has 134 valence electrons. The number of imide groups is 1. The standard InChI is InChI=1S/C18H19ClN5O2/c1-10-11(2)24-14-15(21(3)18(26)22(4)16(14)25)20-17(24)23(10)9-12-7-5-6-8-13(12)19/h5-8,14H,9H2,1-4H3/q+1. The van der Waals surface area contributed by atoms with Gasteiger partial charge in [0.25, 0.3) is 5.91 Å². The third-order valence-corrected chi connectivity index (χ3v) is 5.60. The lowest BCUT2D eigenvalue weighted by atomic mass is 10.1. The number of carbonyl (C=O) groups is 2. The Kier molecular flexibility index (Phi) is 3.66. The van der Waals surface area contributed by atoms with E-state index in [1.165, 1.54) is 11.9 Å². The van der Waals surface area contributed by atoms with Gasteiger partial charge in [-0.25, -0.2) is 13.9 Å². The second-order valence-electron chi connectivity index (χ2n) is 6.63. The molecule has 3 amide bonds. The zero-order valence-corrected chi connectivity index (χ0v) is 15.8. The Morgan fingerprint density at radius 2 is 1.85 bits per heavy atom. The monoisotopic (exact) mass is 372 g/mol. The third kappa shape index (κ3) is 2.13. The number of aromatic nitrogens is 2. The molecule has 8 heteroatoms. The summed E-state index contributed by atoms with van der Waals surface area (Å²) in [5, 5.41) is 0.683. The van der Waals surface area contributed by atoms with Gasteiger partial charge in [0, 0.05) is 24.7 Å². The molecule has 26 heavy (non-hydrogen) atoms. The SMILES string of the molecule is Cc1c(C)[n+](Cc2ccccc2Cl)c2n1C1C(=O)N(C)C(=O)N(C)C1=N2. The zero-order chi connectivity index (χ0) is 18.7. The normalized spacial score (nSPS) is 19.0. The fourth-order valence-corrected chi connectivity index (χ4v) is 3.76. The number of halogens is 1. The molecular formula is C18H19ClN5O2+. The zero-order valence-electron chi connectivity index (χ0n) is 15.0. The highest BCUT2D eigenvalue weighted by atomic mass is 35.5. The molecule has 0 radical (unpaired) electrons. The van der Waals surface area contributed by atoms with E-state index in [2.05, 4.69) is 4.99 Å². The second-order valence-corrected chi connectivity index (χ2v) is 7.04. The number of likely N-dealkylation sites (N-methyl/N-ethyl adjacent to an activating group) is 2. The third-order valence-electron chi connectivity index (χ3n) is 5.23. The van der Waals surface area contributed by atoms with Crippen LogP contribution in [0.3, 0.4) is 0 Å². The quantitative estimate of drug-likeness (QED) is 0.759. The lowest BCUT2D eigenvalue weighted by Crippen LogP contribution is -2.56. The summed E-state index contributed by atoms with van der Waals surface area (Å²) in [5.41, 5.74) is 2.93. The molecule has 1 unspecified atom stereocenters. The largest absolute Gasteiger partial charge is 0.402 e. The molecule has 0 N–H and O–H groups in total. The van der Waals surface area contributed by atoms with E-state index in [9.17, 15) is 9.59 Å². The Hall–Kier alpha value is -2.67. The number of hydrogen-bond acceptors (Lipinski definition) is 3. The first-order chi connectivity index (χ1) is 12.3. The first kappa shape index (κ1) is 16.8. The van der Waals surface area contributed by atoms with Gasteiger partial charge < -0.3 is 0 Å². The first-order valence-corrected chi connectivity index (χ1v) is 8.69. The Morgan fingerprint density at radius 1 is 1.15 bits per heavy atom. The summed E-state index contributed by atoms with van der Waals surface area (Å²) in [7, 11) is 3.14. The van der Waals surface area contributed by atoms with E-state index >= 15 is 0 Å². The Morgan fingerprint density at radius 3 is 2.54 bits per heavy atom. The molecule has 2 aliphatic heterocycles. The van der Waals surface area contributed by atoms with E-state index in [4.69, 9.17) is 11.6 Å². The smallest absolute Gasteiger partial charge is 0.270 e. The van der Waals surface area contributed by atoms with Crippen molar-refractivity contribution in [3.8, 4) is 0 Å². The number of hydrogen-bond donors (Lipinski definition) is 0. The summed E-state index contributed by atoms with van der Waals surface area (Å²) in [4.78, 5) is 32.2. The number of imidazole rings is 1. The minimum Gasteiger partial charge on any atom is -0.270 e. The maximum Gasteiger partial charge on any atom is 0.402 e. The number of urea groups is 1. The van der Waals surface area contributed by atoms with E-state index in [1.54, 1.807) is 7.05 Å². The van der Waals surface area contributed by atoms with E-state index in [0.717, 1.165) is 21.9 Å². The summed E-state index contributed by atoms with van der Waals surface area (Å²) < 4.78 is 3.94. The molecule has 3 heterocycles. The predicted octanol–water partition coefficient (Wildman–Crippen LogP) is 2.20. The number of benzene rings is 1. The van der Waals surface area contributed by atoms with Crippen molar-refractivity contribution in [3.05, 3.63) is 46.2 Å². The van der Waals surface area contributed by atoms with Gasteiger partial charge in [-0.15, -0.1) is 0 Å². The fraction of sp³-hybridized carbons (Fsp3) is 0.333.